The van der Waals surface area contributed by atoms with Gasteiger partial charge in [-0.05, 0) is 69.0 Å². The van der Waals surface area contributed by atoms with Gasteiger partial charge < -0.3 is 24.4 Å². The zero-order valence-corrected chi connectivity index (χ0v) is 18.6. The summed E-state index contributed by atoms with van der Waals surface area (Å²) in [5.74, 6) is -1.35. The van der Waals surface area contributed by atoms with Gasteiger partial charge in [0.25, 0.3) is 11.7 Å². The van der Waals surface area contributed by atoms with E-state index in [-0.39, 0.29) is 16.9 Å². The molecule has 1 aliphatic rings. The van der Waals surface area contributed by atoms with Gasteiger partial charge in [0, 0.05) is 12.1 Å². The molecule has 1 amide bonds. The number of Topliss-reactive ketones (excluding diaryl/α,β-unsaturated/α-hetero) is 1. The van der Waals surface area contributed by atoms with Crippen LogP contribution in [0.1, 0.15) is 23.6 Å². The van der Waals surface area contributed by atoms with Crippen molar-refractivity contribution in [3.63, 3.8) is 0 Å². The predicted molar refractivity (Wildman–Crippen MR) is 118 cm³/mol. The fraction of sp³-hybridized carbons (Fsp3) is 0.333. The van der Waals surface area contributed by atoms with Gasteiger partial charge in [-0.15, -0.1) is 0 Å². The van der Waals surface area contributed by atoms with Gasteiger partial charge in [-0.2, -0.15) is 0 Å². The number of rotatable bonds is 8. The van der Waals surface area contributed by atoms with Crippen LogP contribution in [0.3, 0.4) is 0 Å². The van der Waals surface area contributed by atoms with Crippen LogP contribution in [-0.2, 0) is 9.59 Å². The number of halogens is 1. The van der Waals surface area contributed by atoms with E-state index in [0.717, 1.165) is 6.54 Å². The summed E-state index contributed by atoms with van der Waals surface area (Å²) in [6.45, 7) is 1.04. The molecule has 3 rings (SSSR count). The summed E-state index contributed by atoms with van der Waals surface area (Å²) in [5, 5.41) is 11.0. The third-order valence-corrected chi connectivity index (χ3v) is 5.39. The van der Waals surface area contributed by atoms with Gasteiger partial charge in [-0.1, -0.05) is 6.07 Å². The Balaban J connectivity index is 2.13. The molecule has 0 unspecified atom stereocenters. The zero-order chi connectivity index (χ0) is 23.4. The van der Waals surface area contributed by atoms with Crippen molar-refractivity contribution in [3.8, 4) is 11.5 Å². The molecule has 1 N–H and O–H groups in total. The molecule has 0 aromatic heterocycles. The summed E-state index contributed by atoms with van der Waals surface area (Å²) in [6.07, 6.45) is 0.639. The van der Waals surface area contributed by atoms with E-state index in [2.05, 4.69) is 0 Å². The Kier molecular flexibility index (Phi) is 7.15. The smallest absolute Gasteiger partial charge is 0.295 e. The summed E-state index contributed by atoms with van der Waals surface area (Å²) in [5.41, 5.74) is 0.803. The molecule has 0 radical (unpaired) electrons. The van der Waals surface area contributed by atoms with Crippen molar-refractivity contribution in [2.24, 2.45) is 0 Å². The fourth-order valence-electron chi connectivity index (χ4n) is 3.80. The lowest BCUT2D eigenvalue weighted by molar-refractivity contribution is -0.139. The standard InChI is InChI=1S/C24H27FN2O5/c1-26(2)12-5-13-27-21(16-8-11-18(31-3)19(14-16)32-4)20(23(29)24(27)30)22(28)15-6-9-17(25)10-7-15/h6-11,14,21,28H,5,12-13H2,1-4H3/b22-20+/t21-/m1/s1. The van der Waals surface area contributed by atoms with Gasteiger partial charge in [0.15, 0.2) is 11.5 Å². The SMILES string of the molecule is COc1ccc([C@@H]2/C(=C(\O)c3ccc(F)cc3)C(=O)C(=O)N2CCCN(C)C)cc1OC. The third kappa shape index (κ3) is 4.60. The lowest BCUT2D eigenvalue weighted by Crippen LogP contribution is -2.32. The summed E-state index contributed by atoms with van der Waals surface area (Å²) >= 11 is 0. The zero-order valence-electron chi connectivity index (χ0n) is 18.6. The molecular formula is C24H27FN2O5. The second kappa shape index (κ2) is 9.82. The minimum absolute atomic E-state index is 0.0429. The van der Waals surface area contributed by atoms with Gasteiger partial charge in [0.2, 0.25) is 0 Å². The van der Waals surface area contributed by atoms with Crippen molar-refractivity contribution in [2.75, 3.05) is 41.4 Å². The van der Waals surface area contributed by atoms with Crippen molar-refractivity contribution in [2.45, 2.75) is 12.5 Å². The first-order valence-corrected chi connectivity index (χ1v) is 10.2. The maximum absolute atomic E-state index is 13.4. The fourth-order valence-corrected chi connectivity index (χ4v) is 3.80. The molecule has 32 heavy (non-hydrogen) atoms. The minimum Gasteiger partial charge on any atom is -0.507 e. The van der Waals surface area contributed by atoms with E-state index < -0.39 is 23.5 Å². The lowest BCUT2D eigenvalue weighted by Gasteiger charge is -2.26. The molecule has 1 aliphatic heterocycles. The number of carbonyl (C=O) groups is 2. The van der Waals surface area contributed by atoms with Gasteiger partial charge in [0.05, 0.1) is 25.8 Å². The molecule has 0 bridgehead atoms. The number of hydrogen-bond acceptors (Lipinski definition) is 6. The summed E-state index contributed by atoms with van der Waals surface area (Å²) in [6, 6.07) is 9.40. The van der Waals surface area contributed by atoms with Gasteiger partial charge in [0.1, 0.15) is 11.6 Å². The molecular weight excluding hydrogens is 415 g/mol. The van der Waals surface area contributed by atoms with Crippen LogP contribution in [0.5, 0.6) is 11.5 Å². The highest BCUT2D eigenvalue weighted by Gasteiger charge is 2.46. The molecule has 1 heterocycles. The summed E-state index contributed by atoms with van der Waals surface area (Å²) < 4.78 is 24.1. The summed E-state index contributed by atoms with van der Waals surface area (Å²) in [4.78, 5) is 29.4. The molecule has 8 heteroatoms. The van der Waals surface area contributed by atoms with Crippen molar-refractivity contribution in [3.05, 3.63) is 65.0 Å². The number of methoxy groups -OCH3 is 2. The first-order chi connectivity index (χ1) is 15.3. The van der Waals surface area contributed by atoms with E-state index in [1.807, 2.05) is 19.0 Å². The molecule has 1 saturated heterocycles. The highest BCUT2D eigenvalue weighted by Crippen LogP contribution is 2.42. The number of amides is 1. The van der Waals surface area contributed by atoms with Crippen LogP contribution in [0, 0.1) is 5.82 Å². The van der Waals surface area contributed by atoms with Crippen LogP contribution in [0.4, 0.5) is 4.39 Å². The van der Waals surface area contributed by atoms with Crippen LogP contribution in [0.2, 0.25) is 0 Å². The summed E-state index contributed by atoms with van der Waals surface area (Å²) in [7, 11) is 6.86. The Morgan fingerprint density at radius 3 is 2.31 bits per heavy atom. The van der Waals surface area contributed by atoms with Gasteiger partial charge in [-0.25, -0.2) is 4.39 Å². The number of ether oxygens (including phenoxy) is 2. The molecule has 1 fully saturated rings. The number of likely N-dealkylation sites (tertiary alicyclic amines) is 1. The Labute approximate surface area is 186 Å². The Hall–Kier alpha value is -3.39. The molecule has 2 aromatic carbocycles. The second-order valence-electron chi connectivity index (χ2n) is 7.77. The van der Waals surface area contributed by atoms with Crippen LogP contribution in [0.15, 0.2) is 48.0 Å². The largest absolute Gasteiger partial charge is 0.507 e. The van der Waals surface area contributed by atoms with Crippen LogP contribution >= 0.6 is 0 Å². The highest BCUT2D eigenvalue weighted by atomic mass is 19.1. The topological polar surface area (TPSA) is 79.3 Å². The average molecular weight is 442 g/mol. The monoisotopic (exact) mass is 442 g/mol. The number of aliphatic hydroxyl groups is 1. The Morgan fingerprint density at radius 1 is 1.06 bits per heavy atom. The van der Waals surface area contributed by atoms with E-state index in [1.54, 1.807) is 18.2 Å². The van der Waals surface area contributed by atoms with E-state index in [1.165, 1.54) is 43.4 Å². The van der Waals surface area contributed by atoms with Gasteiger partial charge >= 0.3 is 0 Å². The maximum atomic E-state index is 13.4. The van der Waals surface area contributed by atoms with Crippen LogP contribution < -0.4 is 9.47 Å². The van der Waals surface area contributed by atoms with Crippen molar-refractivity contribution >= 4 is 17.4 Å². The Bertz CT molecular complexity index is 1030. The molecule has 2 aromatic rings. The first kappa shape index (κ1) is 23.3. The number of nitrogens with zero attached hydrogens (tertiary/aromatic N) is 2. The number of aliphatic hydroxyl groups excluding tert-OH is 1. The van der Waals surface area contributed by atoms with E-state index in [4.69, 9.17) is 9.47 Å². The van der Waals surface area contributed by atoms with E-state index in [9.17, 15) is 19.1 Å². The lowest BCUT2D eigenvalue weighted by atomic mass is 9.95. The highest BCUT2D eigenvalue weighted by molar-refractivity contribution is 6.46. The van der Waals surface area contributed by atoms with Crippen LogP contribution in [0.25, 0.3) is 5.76 Å². The molecule has 1 atom stereocenters. The molecule has 0 saturated carbocycles. The second-order valence-corrected chi connectivity index (χ2v) is 7.77. The van der Waals surface area contributed by atoms with Crippen molar-refractivity contribution in [1.29, 1.82) is 0 Å². The van der Waals surface area contributed by atoms with Crippen molar-refractivity contribution in [1.82, 2.24) is 9.80 Å². The Morgan fingerprint density at radius 2 is 1.72 bits per heavy atom. The molecule has 0 aliphatic carbocycles. The third-order valence-electron chi connectivity index (χ3n) is 5.39. The van der Waals surface area contributed by atoms with E-state index >= 15 is 0 Å². The number of carbonyl (C=O) groups excluding carboxylic acids is 2. The maximum Gasteiger partial charge on any atom is 0.295 e. The average Bonchev–Trinajstić information content (AvgIpc) is 3.03. The quantitative estimate of drug-likeness (QED) is 0.384. The number of hydrogen-bond donors (Lipinski definition) is 1. The first-order valence-electron chi connectivity index (χ1n) is 10.2. The van der Waals surface area contributed by atoms with Gasteiger partial charge in [-0.3, -0.25) is 9.59 Å². The molecule has 0 spiro atoms. The number of benzene rings is 2. The van der Waals surface area contributed by atoms with Crippen molar-refractivity contribution < 1.29 is 28.6 Å². The normalized spacial score (nSPS) is 17.8. The molecule has 170 valence electrons. The molecule has 7 nitrogen and oxygen atoms in total. The minimum atomic E-state index is -0.818. The van der Waals surface area contributed by atoms with Crippen LogP contribution in [-0.4, -0.2) is 68.0 Å². The van der Waals surface area contributed by atoms with E-state index in [0.29, 0.717) is 30.0 Å². The number of ketones is 1. The predicted octanol–water partition coefficient (Wildman–Crippen LogP) is 3.22.